The molecule has 0 spiro atoms. The van der Waals surface area contributed by atoms with Crippen LogP contribution in [0.5, 0.6) is 5.75 Å². The van der Waals surface area contributed by atoms with E-state index in [1.165, 1.54) is 13.2 Å². The molecule has 7 heteroatoms. The molecule has 1 aliphatic rings. The number of hydrogen-bond acceptors (Lipinski definition) is 5. The van der Waals surface area contributed by atoms with Gasteiger partial charge in [-0.05, 0) is 24.1 Å². The first-order valence-corrected chi connectivity index (χ1v) is 10.2. The number of β-lactam (4-membered cyclic amide) rings is 1. The number of rotatable bonds is 8. The minimum Gasteiger partial charge on any atom is -0.495 e. The van der Waals surface area contributed by atoms with Crippen molar-refractivity contribution in [2.45, 2.75) is 29.5 Å². The summed E-state index contributed by atoms with van der Waals surface area (Å²) in [6.07, 6.45) is 0.702. The van der Waals surface area contributed by atoms with Crippen molar-refractivity contribution in [3.63, 3.8) is 0 Å². The van der Waals surface area contributed by atoms with Gasteiger partial charge in [0.2, 0.25) is 15.7 Å². The highest BCUT2D eigenvalue weighted by molar-refractivity contribution is 7.92. The number of benzene rings is 2. The predicted molar refractivity (Wildman–Crippen MR) is 100 cm³/mol. The second kappa shape index (κ2) is 7.92. The number of likely N-dealkylation sites (tertiary alicyclic amines) is 1. The fourth-order valence-electron chi connectivity index (χ4n) is 3.09. The quantitative estimate of drug-likeness (QED) is 0.649. The van der Waals surface area contributed by atoms with Crippen LogP contribution in [0.1, 0.15) is 18.4 Å². The number of carbonyl (C=O) groups is 2. The third-order valence-electron chi connectivity index (χ3n) is 4.63. The Hall–Kier alpha value is -2.67. The largest absolute Gasteiger partial charge is 0.495 e. The summed E-state index contributed by atoms with van der Waals surface area (Å²) >= 11 is 0. The maximum absolute atomic E-state index is 12.9. The number of methoxy groups -OCH3 is 1. The molecule has 1 fully saturated rings. The highest BCUT2D eigenvalue weighted by Gasteiger charge is 2.47. The molecule has 0 aromatic heterocycles. The summed E-state index contributed by atoms with van der Waals surface area (Å²) in [4.78, 5) is 25.4. The Morgan fingerprint density at radius 1 is 1.11 bits per heavy atom. The summed E-state index contributed by atoms with van der Waals surface area (Å²) < 4.78 is 31.0. The maximum atomic E-state index is 12.9. The Balaban J connectivity index is 1.69. The summed E-state index contributed by atoms with van der Waals surface area (Å²) in [6, 6.07) is 15.8. The van der Waals surface area contributed by atoms with Gasteiger partial charge in [0, 0.05) is 6.42 Å². The fourth-order valence-corrected chi connectivity index (χ4v) is 4.97. The predicted octanol–water partition coefficient (Wildman–Crippen LogP) is 2.23. The first kappa shape index (κ1) is 19.1. The lowest BCUT2D eigenvalue weighted by atomic mass is 10.1. The molecular weight excluding hydrogens is 366 g/mol. The van der Waals surface area contributed by atoms with Gasteiger partial charge in [0.1, 0.15) is 16.0 Å². The number of amides is 1. The van der Waals surface area contributed by atoms with Crippen molar-refractivity contribution >= 4 is 21.5 Å². The van der Waals surface area contributed by atoms with Crippen LogP contribution in [0.4, 0.5) is 0 Å². The van der Waals surface area contributed by atoms with Gasteiger partial charge in [-0.1, -0.05) is 42.5 Å². The summed E-state index contributed by atoms with van der Waals surface area (Å²) in [5.41, 5.74) is 1.03. The molecule has 2 aromatic rings. The number of sulfone groups is 1. The van der Waals surface area contributed by atoms with Crippen molar-refractivity contribution in [2.24, 2.45) is 0 Å². The fraction of sp³-hybridized carbons (Fsp3) is 0.300. The van der Waals surface area contributed by atoms with Crippen LogP contribution >= 0.6 is 0 Å². The highest BCUT2D eigenvalue weighted by atomic mass is 32.2. The third-order valence-corrected chi connectivity index (χ3v) is 6.72. The molecule has 6 nitrogen and oxygen atoms in total. The first-order chi connectivity index (χ1) is 12.9. The molecule has 1 saturated heterocycles. The molecule has 1 heterocycles. The molecule has 1 unspecified atom stereocenters. The van der Waals surface area contributed by atoms with Crippen LogP contribution in [-0.4, -0.2) is 44.0 Å². The molecule has 142 valence electrons. The Kier molecular flexibility index (Phi) is 5.60. The second-order valence-electron chi connectivity index (χ2n) is 6.40. The molecule has 3 rings (SSSR count). The smallest absolute Gasteiger partial charge is 0.227 e. The lowest BCUT2D eigenvalue weighted by Crippen LogP contribution is -2.57. The van der Waals surface area contributed by atoms with E-state index in [4.69, 9.17) is 4.74 Å². The number of carbonyl (C=O) groups excluding carboxylic acids is 2. The van der Waals surface area contributed by atoms with Crippen molar-refractivity contribution in [2.75, 3.05) is 13.7 Å². The molecule has 0 saturated carbocycles. The van der Waals surface area contributed by atoms with Crippen molar-refractivity contribution in [1.82, 2.24) is 4.90 Å². The summed E-state index contributed by atoms with van der Waals surface area (Å²) in [7, 11) is -2.42. The number of hydrogen-bond donors (Lipinski definition) is 0. The van der Waals surface area contributed by atoms with E-state index in [-0.39, 0.29) is 41.7 Å². The van der Waals surface area contributed by atoms with Crippen molar-refractivity contribution in [1.29, 1.82) is 0 Å². The third kappa shape index (κ3) is 4.03. The lowest BCUT2D eigenvalue weighted by Gasteiger charge is -2.39. The van der Waals surface area contributed by atoms with E-state index in [0.717, 1.165) is 10.5 Å². The molecular formula is C20H21NO5S. The van der Waals surface area contributed by atoms with Crippen LogP contribution in [-0.2, 0) is 25.8 Å². The topological polar surface area (TPSA) is 80.8 Å². The van der Waals surface area contributed by atoms with Gasteiger partial charge >= 0.3 is 0 Å². The van der Waals surface area contributed by atoms with Gasteiger partial charge in [-0.15, -0.1) is 0 Å². The minimum absolute atomic E-state index is 0.0340. The maximum Gasteiger partial charge on any atom is 0.227 e. The molecule has 0 aliphatic carbocycles. The van der Waals surface area contributed by atoms with Gasteiger partial charge in [0.25, 0.3) is 0 Å². The van der Waals surface area contributed by atoms with Gasteiger partial charge in [-0.2, -0.15) is 0 Å². The standard InChI is InChI=1S/C20H21NO5S/c1-26-17-9-5-6-10-18(17)27(24,25)20-13-19(23)21(20)14-16(22)12-11-15-7-3-2-4-8-15/h2-10,20H,11-14H2,1H3. The van der Waals surface area contributed by atoms with E-state index < -0.39 is 15.2 Å². The van der Waals surface area contributed by atoms with E-state index >= 15 is 0 Å². The van der Waals surface area contributed by atoms with Gasteiger partial charge in [-0.25, -0.2) is 8.42 Å². The van der Waals surface area contributed by atoms with Gasteiger partial charge in [0.05, 0.1) is 20.1 Å². The molecule has 1 amide bonds. The van der Waals surface area contributed by atoms with Crippen molar-refractivity contribution < 1.29 is 22.7 Å². The first-order valence-electron chi connectivity index (χ1n) is 8.65. The van der Waals surface area contributed by atoms with Gasteiger partial charge < -0.3 is 9.64 Å². The molecule has 27 heavy (non-hydrogen) atoms. The molecule has 1 aliphatic heterocycles. The zero-order chi connectivity index (χ0) is 19.4. The molecule has 0 bridgehead atoms. The number of ketones is 1. The number of aryl methyl sites for hydroxylation is 1. The van der Waals surface area contributed by atoms with Gasteiger partial charge in [-0.3, -0.25) is 9.59 Å². The summed E-state index contributed by atoms with van der Waals surface area (Å²) in [5, 5.41) is -1.03. The number of Topliss-reactive ketones (excluding diaryl/α,β-unsaturated/α-hetero) is 1. The molecule has 0 N–H and O–H groups in total. The Bertz CT molecular complexity index is 940. The van der Waals surface area contributed by atoms with E-state index in [1.54, 1.807) is 18.2 Å². The van der Waals surface area contributed by atoms with Crippen LogP contribution < -0.4 is 4.74 Å². The Morgan fingerprint density at radius 3 is 2.44 bits per heavy atom. The molecule has 0 radical (unpaired) electrons. The molecule has 2 aromatic carbocycles. The summed E-state index contributed by atoms with van der Waals surface area (Å²) in [5.74, 6) is -0.258. The highest BCUT2D eigenvalue weighted by Crippen LogP contribution is 2.33. The van der Waals surface area contributed by atoms with E-state index in [9.17, 15) is 18.0 Å². The zero-order valence-electron chi connectivity index (χ0n) is 15.0. The van der Waals surface area contributed by atoms with E-state index in [2.05, 4.69) is 0 Å². The minimum atomic E-state index is -3.81. The average Bonchev–Trinajstić information content (AvgIpc) is 2.69. The van der Waals surface area contributed by atoms with E-state index in [1.807, 2.05) is 30.3 Å². The number of nitrogens with zero attached hydrogens (tertiary/aromatic N) is 1. The second-order valence-corrected chi connectivity index (χ2v) is 8.47. The van der Waals surface area contributed by atoms with Crippen molar-refractivity contribution in [3.05, 3.63) is 60.2 Å². The number of para-hydroxylation sites is 1. The van der Waals surface area contributed by atoms with Crippen LogP contribution in [0.15, 0.2) is 59.5 Å². The normalized spacial score (nSPS) is 16.7. The average molecular weight is 387 g/mol. The lowest BCUT2D eigenvalue weighted by molar-refractivity contribution is -0.145. The SMILES string of the molecule is COc1ccccc1S(=O)(=O)C1CC(=O)N1CC(=O)CCc1ccccc1. The van der Waals surface area contributed by atoms with Crippen LogP contribution in [0.3, 0.4) is 0 Å². The van der Waals surface area contributed by atoms with E-state index in [0.29, 0.717) is 6.42 Å². The number of ether oxygens (including phenoxy) is 1. The summed E-state index contributed by atoms with van der Waals surface area (Å²) in [6.45, 7) is -0.190. The Morgan fingerprint density at radius 2 is 1.78 bits per heavy atom. The van der Waals surface area contributed by atoms with Gasteiger partial charge in [0.15, 0.2) is 5.78 Å². The van der Waals surface area contributed by atoms with Crippen LogP contribution in [0.2, 0.25) is 0 Å². The molecule has 1 atom stereocenters. The van der Waals surface area contributed by atoms with Crippen LogP contribution in [0, 0.1) is 0 Å². The Labute approximate surface area is 158 Å². The zero-order valence-corrected chi connectivity index (χ0v) is 15.8. The van der Waals surface area contributed by atoms with Crippen LogP contribution in [0.25, 0.3) is 0 Å². The monoisotopic (exact) mass is 387 g/mol. The van der Waals surface area contributed by atoms with Crippen molar-refractivity contribution in [3.8, 4) is 5.75 Å².